The number of rotatable bonds is 4. The molecule has 2 aromatic rings. The highest BCUT2D eigenvalue weighted by molar-refractivity contribution is 5.96. The Morgan fingerprint density at radius 3 is 2.52 bits per heavy atom. The maximum absolute atomic E-state index is 12.6. The van der Waals surface area contributed by atoms with Crippen molar-refractivity contribution >= 4 is 5.91 Å². The summed E-state index contributed by atoms with van der Waals surface area (Å²) in [6.45, 7) is 3.35. The number of carbonyl (C=O) groups excluding carboxylic acids is 1. The molecule has 7 heteroatoms. The van der Waals surface area contributed by atoms with Crippen LogP contribution in [0.25, 0.3) is 0 Å². The van der Waals surface area contributed by atoms with Gasteiger partial charge in [0.05, 0.1) is 24.9 Å². The molecule has 1 amide bonds. The summed E-state index contributed by atoms with van der Waals surface area (Å²) in [5.41, 5.74) is 1.77. The zero-order valence-corrected chi connectivity index (χ0v) is 14.4. The van der Waals surface area contributed by atoms with Gasteiger partial charge in [-0.1, -0.05) is 17.3 Å². The van der Waals surface area contributed by atoms with Crippen LogP contribution in [0.1, 0.15) is 39.7 Å². The lowest BCUT2D eigenvalue weighted by Gasteiger charge is -2.24. The van der Waals surface area contributed by atoms with Gasteiger partial charge in [0.15, 0.2) is 0 Å². The molecule has 0 radical (unpaired) electrons. The smallest absolute Gasteiger partial charge is 0.257 e. The number of aromatic nitrogens is 1. The van der Waals surface area contributed by atoms with E-state index in [0.717, 1.165) is 11.3 Å². The number of carbonyl (C=O) groups is 1. The van der Waals surface area contributed by atoms with E-state index in [0.29, 0.717) is 23.4 Å². The van der Waals surface area contributed by atoms with Crippen molar-refractivity contribution in [3.05, 3.63) is 46.8 Å². The molecule has 0 spiro atoms. The monoisotopic (exact) mass is 346 g/mol. The van der Waals surface area contributed by atoms with Gasteiger partial charge < -0.3 is 24.8 Å². The molecule has 3 N–H and O–H groups in total. The van der Waals surface area contributed by atoms with E-state index in [-0.39, 0.29) is 11.8 Å². The molecule has 1 aromatic carbocycles. The van der Waals surface area contributed by atoms with Crippen molar-refractivity contribution in [2.75, 3.05) is 7.11 Å². The average molecular weight is 346 g/mol. The summed E-state index contributed by atoms with van der Waals surface area (Å²) in [4.78, 5) is 12.6. The molecule has 134 valence electrons. The van der Waals surface area contributed by atoms with Crippen LogP contribution >= 0.6 is 0 Å². The average Bonchev–Trinajstić information content (AvgIpc) is 3.08. The van der Waals surface area contributed by atoms with Crippen LogP contribution in [0.4, 0.5) is 0 Å². The number of nitrogens with zero attached hydrogens (tertiary/aromatic N) is 1. The van der Waals surface area contributed by atoms with E-state index in [4.69, 9.17) is 9.26 Å². The first-order valence-corrected chi connectivity index (χ1v) is 8.16. The molecule has 1 fully saturated rings. The second kappa shape index (κ2) is 6.85. The number of amides is 1. The molecule has 7 nitrogen and oxygen atoms in total. The molecule has 3 rings (SSSR count). The lowest BCUT2D eigenvalue weighted by Crippen LogP contribution is -2.45. The lowest BCUT2D eigenvalue weighted by molar-refractivity contribution is 0.0294. The fourth-order valence-corrected chi connectivity index (χ4v) is 3.43. The minimum absolute atomic E-state index is 0.208. The summed E-state index contributed by atoms with van der Waals surface area (Å²) in [7, 11) is 1.59. The molecule has 1 heterocycles. The number of aliphatic hydroxyl groups excluding tert-OH is 2. The van der Waals surface area contributed by atoms with Gasteiger partial charge in [0.2, 0.25) is 0 Å². The Morgan fingerprint density at radius 1 is 1.28 bits per heavy atom. The largest absolute Gasteiger partial charge is 0.497 e. The van der Waals surface area contributed by atoms with E-state index >= 15 is 0 Å². The number of hydrogen-bond acceptors (Lipinski definition) is 6. The minimum Gasteiger partial charge on any atom is -0.497 e. The summed E-state index contributed by atoms with van der Waals surface area (Å²) in [6, 6.07) is 6.79. The molecular weight excluding hydrogens is 324 g/mol. The number of hydrogen-bond donors (Lipinski definition) is 3. The minimum atomic E-state index is -1.04. The Hall–Kier alpha value is -2.38. The zero-order valence-electron chi connectivity index (χ0n) is 14.4. The quantitative estimate of drug-likeness (QED) is 0.771. The van der Waals surface area contributed by atoms with Crippen molar-refractivity contribution in [3.8, 4) is 5.75 Å². The van der Waals surface area contributed by atoms with E-state index in [1.54, 1.807) is 21.0 Å². The van der Waals surface area contributed by atoms with Crippen LogP contribution < -0.4 is 10.1 Å². The highest BCUT2D eigenvalue weighted by Crippen LogP contribution is 2.36. The highest BCUT2D eigenvalue weighted by atomic mass is 16.5. The maximum Gasteiger partial charge on any atom is 0.257 e. The van der Waals surface area contributed by atoms with Gasteiger partial charge in [-0.3, -0.25) is 4.79 Å². The molecule has 0 saturated heterocycles. The third-order valence-electron chi connectivity index (χ3n) is 4.79. The molecule has 1 aromatic heterocycles. The van der Waals surface area contributed by atoms with Crippen LogP contribution in [0.2, 0.25) is 0 Å². The topological polar surface area (TPSA) is 105 Å². The molecule has 4 atom stereocenters. The predicted molar refractivity (Wildman–Crippen MR) is 89.6 cm³/mol. The van der Waals surface area contributed by atoms with Crippen LogP contribution in [0.3, 0.4) is 0 Å². The molecule has 1 saturated carbocycles. The van der Waals surface area contributed by atoms with Gasteiger partial charge in [-0.05, 0) is 38.0 Å². The fraction of sp³-hybridized carbons (Fsp3) is 0.444. The Morgan fingerprint density at radius 2 is 1.96 bits per heavy atom. The van der Waals surface area contributed by atoms with Gasteiger partial charge in [0.1, 0.15) is 23.2 Å². The van der Waals surface area contributed by atoms with E-state index in [1.807, 2.05) is 24.3 Å². The van der Waals surface area contributed by atoms with Gasteiger partial charge in [-0.15, -0.1) is 0 Å². The zero-order chi connectivity index (χ0) is 18.1. The van der Waals surface area contributed by atoms with Crippen molar-refractivity contribution in [1.29, 1.82) is 0 Å². The highest BCUT2D eigenvalue weighted by Gasteiger charge is 2.43. The van der Waals surface area contributed by atoms with Crippen molar-refractivity contribution in [2.45, 2.75) is 44.4 Å². The fourth-order valence-electron chi connectivity index (χ4n) is 3.43. The van der Waals surface area contributed by atoms with E-state index in [9.17, 15) is 15.0 Å². The summed E-state index contributed by atoms with van der Waals surface area (Å²) in [5, 5.41) is 27.1. The Kier molecular flexibility index (Phi) is 4.78. The maximum atomic E-state index is 12.6. The van der Waals surface area contributed by atoms with E-state index in [2.05, 4.69) is 10.5 Å². The van der Waals surface area contributed by atoms with Crippen molar-refractivity contribution < 1.29 is 24.3 Å². The second-order valence-corrected chi connectivity index (χ2v) is 6.37. The lowest BCUT2D eigenvalue weighted by atomic mass is 9.93. The first-order valence-electron chi connectivity index (χ1n) is 8.16. The third kappa shape index (κ3) is 3.25. The van der Waals surface area contributed by atoms with Crippen LogP contribution in [0.5, 0.6) is 5.75 Å². The summed E-state index contributed by atoms with van der Waals surface area (Å²) >= 11 is 0. The molecule has 25 heavy (non-hydrogen) atoms. The number of benzene rings is 1. The number of methoxy groups -OCH3 is 1. The number of nitrogens with one attached hydrogen (secondary N) is 1. The van der Waals surface area contributed by atoms with Crippen molar-refractivity contribution in [3.63, 3.8) is 0 Å². The normalized spacial score (nSPS) is 25.8. The van der Waals surface area contributed by atoms with Crippen molar-refractivity contribution in [2.24, 2.45) is 0 Å². The number of ether oxygens (including phenoxy) is 1. The van der Waals surface area contributed by atoms with Gasteiger partial charge in [-0.25, -0.2) is 0 Å². The van der Waals surface area contributed by atoms with Crippen LogP contribution in [0.15, 0.2) is 28.8 Å². The summed E-state index contributed by atoms with van der Waals surface area (Å²) in [6.07, 6.45) is -1.58. The predicted octanol–water partition coefficient (Wildman–Crippen LogP) is 1.31. The van der Waals surface area contributed by atoms with Crippen molar-refractivity contribution in [1.82, 2.24) is 10.5 Å². The van der Waals surface area contributed by atoms with Gasteiger partial charge in [-0.2, -0.15) is 0 Å². The summed E-state index contributed by atoms with van der Waals surface area (Å²) in [5.74, 6) is 0.566. The molecular formula is C18H22N2O5. The number of aliphatic hydroxyl groups is 2. The molecule has 0 unspecified atom stereocenters. The molecule has 0 aliphatic heterocycles. The Balaban J connectivity index is 1.84. The summed E-state index contributed by atoms with van der Waals surface area (Å²) < 4.78 is 10.2. The van der Waals surface area contributed by atoms with Crippen LogP contribution in [-0.4, -0.2) is 46.6 Å². The van der Waals surface area contributed by atoms with Gasteiger partial charge in [0.25, 0.3) is 5.91 Å². The number of aryl methyl sites for hydroxylation is 2. The van der Waals surface area contributed by atoms with E-state index < -0.39 is 18.2 Å². The molecule has 1 aliphatic rings. The first kappa shape index (κ1) is 17.4. The Bertz CT molecular complexity index is 736. The molecule has 1 aliphatic carbocycles. The van der Waals surface area contributed by atoms with E-state index in [1.165, 1.54) is 0 Å². The van der Waals surface area contributed by atoms with Crippen LogP contribution in [-0.2, 0) is 0 Å². The Labute approximate surface area is 145 Å². The first-order chi connectivity index (χ1) is 11.9. The SMILES string of the molecule is COc1ccc([C@H]2C[C@@H](O)[C@@H](O)[C@@H]2NC(=O)c2c(C)noc2C)cc1. The van der Waals surface area contributed by atoms with Crippen LogP contribution in [0, 0.1) is 13.8 Å². The van der Waals surface area contributed by atoms with Gasteiger partial charge in [0, 0.05) is 5.92 Å². The molecule has 0 bridgehead atoms. The second-order valence-electron chi connectivity index (χ2n) is 6.37. The standard InChI is InChI=1S/C18H22N2O5/c1-9-15(10(2)25-20-9)18(23)19-16-13(8-14(21)17(16)22)11-4-6-12(24-3)7-5-11/h4-7,13-14,16-17,21-22H,8H2,1-3H3,(H,19,23)/t13-,14-,16-,17-/m1/s1. The third-order valence-corrected chi connectivity index (χ3v) is 4.79. The van der Waals surface area contributed by atoms with Gasteiger partial charge >= 0.3 is 0 Å².